The zero-order valence-corrected chi connectivity index (χ0v) is 10.3. The van der Waals surface area contributed by atoms with Gasteiger partial charge in [0.25, 0.3) is 0 Å². The Morgan fingerprint density at radius 3 is 2.67 bits per heavy atom. The number of rotatable bonds is 7. The minimum Gasteiger partial charge on any atom is -0.409 e. The first-order valence-corrected chi connectivity index (χ1v) is 6.28. The second-order valence-electron chi connectivity index (χ2n) is 3.80. The third-order valence-corrected chi connectivity index (χ3v) is 2.98. The van der Waals surface area contributed by atoms with Crippen LogP contribution in [-0.4, -0.2) is 46.3 Å². The molecule has 0 saturated carbocycles. The summed E-state index contributed by atoms with van der Waals surface area (Å²) in [6.07, 6.45) is 2.65. The molecule has 0 heterocycles. The van der Waals surface area contributed by atoms with Crippen molar-refractivity contribution in [3.8, 4) is 0 Å². The first kappa shape index (κ1) is 14.5. The van der Waals surface area contributed by atoms with E-state index in [-0.39, 0.29) is 11.9 Å². The van der Waals surface area contributed by atoms with Gasteiger partial charge in [-0.15, -0.1) is 0 Å². The van der Waals surface area contributed by atoms with E-state index in [2.05, 4.69) is 10.5 Å². The molecule has 5 nitrogen and oxygen atoms in total. The van der Waals surface area contributed by atoms with Gasteiger partial charge in [0.05, 0.1) is 11.6 Å². The lowest BCUT2D eigenvalue weighted by molar-refractivity contribution is 0.0833. The topological polar surface area (TPSA) is 90.9 Å². The molecule has 0 saturated heterocycles. The highest BCUT2D eigenvalue weighted by molar-refractivity contribution is 7.98. The molecule has 90 valence electrons. The molecule has 0 bridgehead atoms. The van der Waals surface area contributed by atoms with Gasteiger partial charge in [-0.05, 0) is 19.6 Å². The molecule has 6 heteroatoms. The van der Waals surface area contributed by atoms with Gasteiger partial charge >= 0.3 is 0 Å². The van der Waals surface area contributed by atoms with E-state index < -0.39 is 5.60 Å². The Balaban J connectivity index is 4.11. The Morgan fingerprint density at radius 1 is 1.67 bits per heavy atom. The summed E-state index contributed by atoms with van der Waals surface area (Å²) in [4.78, 5) is 0. The van der Waals surface area contributed by atoms with Crippen molar-refractivity contribution in [3.05, 3.63) is 0 Å². The van der Waals surface area contributed by atoms with Crippen molar-refractivity contribution in [2.45, 2.75) is 31.9 Å². The van der Waals surface area contributed by atoms with Crippen LogP contribution in [0, 0.1) is 0 Å². The molecule has 0 spiro atoms. The van der Waals surface area contributed by atoms with E-state index in [1.54, 1.807) is 18.7 Å². The van der Waals surface area contributed by atoms with Crippen molar-refractivity contribution in [1.82, 2.24) is 5.32 Å². The van der Waals surface area contributed by atoms with E-state index in [9.17, 15) is 5.11 Å². The minimum absolute atomic E-state index is 0.150. The molecule has 0 aromatic heterocycles. The van der Waals surface area contributed by atoms with Gasteiger partial charge in [0.1, 0.15) is 0 Å². The molecule has 15 heavy (non-hydrogen) atoms. The van der Waals surface area contributed by atoms with Crippen LogP contribution in [0.25, 0.3) is 0 Å². The number of hydrogen-bond acceptors (Lipinski definition) is 5. The molecule has 0 radical (unpaired) electrons. The Kier molecular flexibility index (Phi) is 6.71. The summed E-state index contributed by atoms with van der Waals surface area (Å²) in [5.41, 5.74) is 4.71. The molecular formula is C9H21N3O2S. The number of hydrogen-bond donors (Lipinski definition) is 4. The number of nitrogens with one attached hydrogen (secondary N) is 1. The zero-order valence-electron chi connectivity index (χ0n) is 9.53. The standard InChI is InChI=1S/C9H21N3O2S/c1-4-7(8(10)12-14)11-5-9(2,13)6-15-3/h7,11,13-14H,4-6H2,1-3H3,(H2,10,12). The number of aliphatic hydroxyl groups is 1. The van der Waals surface area contributed by atoms with Crippen LogP contribution in [0.15, 0.2) is 5.16 Å². The van der Waals surface area contributed by atoms with Gasteiger partial charge in [0.2, 0.25) is 0 Å². The van der Waals surface area contributed by atoms with Gasteiger partial charge in [-0.3, -0.25) is 0 Å². The molecule has 0 aliphatic carbocycles. The number of thioether (sulfide) groups is 1. The normalized spacial score (nSPS) is 18.5. The van der Waals surface area contributed by atoms with Crippen LogP contribution in [0.4, 0.5) is 0 Å². The quantitative estimate of drug-likeness (QED) is 0.219. The molecule has 5 N–H and O–H groups in total. The van der Waals surface area contributed by atoms with Gasteiger partial charge < -0.3 is 21.4 Å². The molecule has 0 aromatic carbocycles. The molecule has 0 amide bonds. The Bertz CT molecular complexity index is 210. The highest BCUT2D eigenvalue weighted by Gasteiger charge is 2.21. The van der Waals surface area contributed by atoms with Gasteiger partial charge in [-0.2, -0.15) is 11.8 Å². The van der Waals surface area contributed by atoms with E-state index in [1.165, 1.54) is 0 Å². The first-order valence-electron chi connectivity index (χ1n) is 4.89. The highest BCUT2D eigenvalue weighted by Crippen LogP contribution is 2.09. The highest BCUT2D eigenvalue weighted by atomic mass is 32.2. The second kappa shape index (κ2) is 6.92. The lowest BCUT2D eigenvalue weighted by Crippen LogP contribution is -2.48. The number of oxime groups is 1. The fraction of sp³-hybridized carbons (Fsp3) is 0.889. The fourth-order valence-corrected chi connectivity index (χ4v) is 1.96. The van der Waals surface area contributed by atoms with Crippen LogP contribution < -0.4 is 11.1 Å². The molecule has 0 aromatic rings. The van der Waals surface area contributed by atoms with Crippen molar-refractivity contribution >= 4 is 17.6 Å². The van der Waals surface area contributed by atoms with Crippen molar-refractivity contribution in [1.29, 1.82) is 0 Å². The summed E-state index contributed by atoms with van der Waals surface area (Å²) in [7, 11) is 0. The van der Waals surface area contributed by atoms with Crippen LogP contribution in [0.2, 0.25) is 0 Å². The largest absolute Gasteiger partial charge is 0.409 e. The van der Waals surface area contributed by atoms with Crippen LogP contribution in [0.3, 0.4) is 0 Å². The lowest BCUT2D eigenvalue weighted by Gasteiger charge is -2.25. The van der Waals surface area contributed by atoms with Crippen molar-refractivity contribution in [2.75, 3.05) is 18.6 Å². The summed E-state index contributed by atoms with van der Waals surface area (Å²) in [6, 6.07) is -0.191. The average Bonchev–Trinajstić information content (AvgIpc) is 2.18. The zero-order chi connectivity index (χ0) is 11.9. The number of nitrogens with zero attached hydrogens (tertiary/aromatic N) is 1. The molecule has 2 unspecified atom stereocenters. The minimum atomic E-state index is -0.775. The Hall–Kier alpha value is -0.460. The number of nitrogens with two attached hydrogens (primary N) is 1. The van der Waals surface area contributed by atoms with Crippen LogP contribution >= 0.6 is 11.8 Å². The maximum atomic E-state index is 9.89. The van der Waals surface area contributed by atoms with Crippen LogP contribution in [-0.2, 0) is 0 Å². The smallest absolute Gasteiger partial charge is 0.156 e. The molecule has 2 atom stereocenters. The van der Waals surface area contributed by atoms with Gasteiger partial charge in [0.15, 0.2) is 5.84 Å². The third kappa shape index (κ3) is 5.86. The summed E-state index contributed by atoms with van der Waals surface area (Å²) >= 11 is 1.58. The predicted octanol–water partition coefficient (Wildman–Crippen LogP) is 0.215. The van der Waals surface area contributed by atoms with Crippen molar-refractivity contribution < 1.29 is 10.3 Å². The fourth-order valence-electron chi connectivity index (χ4n) is 1.23. The van der Waals surface area contributed by atoms with Gasteiger partial charge in [-0.1, -0.05) is 12.1 Å². The number of amidine groups is 1. The maximum absolute atomic E-state index is 9.89. The van der Waals surface area contributed by atoms with Crippen molar-refractivity contribution in [3.63, 3.8) is 0 Å². The Labute approximate surface area is 95.1 Å². The van der Waals surface area contributed by atoms with E-state index in [1.807, 2.05) is 13.2 Å². The van der Waals surface area contributed by atoms with Crippen LogP contribution in [0.5, 0.6) is 0 Å². The summed E-state index contributed by atoms with van der Waals surface area (Å²) < 4.78 is 0. The summed E-state index contributed by atoms with van der Waals surface area (Å²) in [6.45, 7) is 4.11. The summed E-state index contributed by atoms with van der Waals surface area (Å²) in [5.74, 6) is 0.796. The van der Waals surface area contributed by atoms with E-state index in [0.29, 0.717) is 18.7 Å². The maximum Gasteiger partial charge on any atom is 0.156 e. The Morgan fingerprint density at radius 2 is 2.27 bits per heavy atom. The average molecular weight is 235 g/mol. The van der Waals surface area contributed by atoms with Crippen molar-refractivity contribution in [2.24, 2.45) is 10.9 Å². The van der Waals surface area contributed by atoms with E-state index in [4.69, 9.17) is 10.9 Å². The monoisotopic (exact) mass is 235 g/mol. The molecule has 0 aliphatic heterocycles. The van der Waals surface area contributed by atoms with Gasteiger partial charge in [0, 0.05) is 12.3 Å². The predicted molar refractivity (Wildman–Crippen MR) is 64.5 cm³/mol. The van der Waals surface area contributed by atoms with Crippen LogP contribution in [0.1, 0.15) is 20.3 Å². The lowest BCUT2D eigenvalue weighted by atomic mass is 10.1. The molecule has 0 fully saturated rings. The third-order valence-electron chi connectivity index (χ3n) is 2.07. The SMILES string of the molecule is CCC(NCC(C)(O)CSC)C(N)=NO. The van der Waals surface area contributed by atoms with E-state index in [0.717, 1.165) is 0 Å². The first-order chi connectivity index (χ1) is 6.96. The van der Waals surface area contributed by atoms with Gasteiger partial charge in [-0.25, -0.2) is 0 Å². The molecular weight excluding hydrogens is 214 g/mol. The molecule has 0 rings (SSSR count). The summed E-state index contributed by atoms with van der Waals surface area (Å²) in [5, 5.41) is 24.4. The molecule has 0 aliphatic rings. The van der Waals surface area contributed by atoms with E-state index >= 15 is 0 Å². The second-order valence-corrected chi connectivity index (χ2v) is 4.66.